The molecule has 15 heteroatoms. The van der Waals surface area contributed by atoms with Gasteiger partial charge in [0.05, 0.1) is 48.2 Å². The summed E-state index contributed by atoms with van der Waals surface area (Å²) >= 11 is 0. The average molecular weight is 586 g/mol. The summed E-state index contributed by atoms with van der Waals surface area (Å²) in [5.41, 5.74) is -3.86. The van der Waals surface area contributed by atoms with Crippen LogP contribution in [0.1, 0.15) is 63.7 Å². The third kappa shape index (κ3) is 6.55. The molecule has 1 aliphatic rings. The predicted molar refractivity (Wildman–Crippen MR) is 125 cm³/mol. The van der Waals surface area contributed by atoms with Gasteiger partial charge >= 0.3 is 12.1 Å². The quantitative estimate of drug-likeness (QED) is 0.288. The number of carboxylic acids is 1. The number of rotatable bonds is 8. The fraction of sp³-hybridized carbons (Fsp3) is 0.346. The third-order valence-corrected chi connectivity index (χ3v) is 6.74. The van der Waals surface area contributed by atoms with Crippen molar-refractivity contribution in [1.82, 2.24) is 19.7 Å². The lowest BCUT2D eigenvalue weighted by atomic mass is 9.86. The second-order valence-corrected chi connectivity index (χ2v) is 9.53. The van der Waals surface area contributed by atoms with Crippen molar-refractivity contribution < 1.29 is 50.2 Å². The Morgan fingerprint density at radius 2 is 1.51 bits per heavy atom. The zero-order valence-electron chi connectivity index (χ0n) is 21.0. The molecule has 218 valence electrons. The minimum Gasteiger partial charge on any atom is -0.481 e. The van der Waals surface area contributed by atoms with E-state index in [1.807, 2.05) is 0 Å². The molecule has 0 aliphatic heterocycles. The predicted octanol–water partition coefficient (Wildman–Crippen LogP) is 5.19. The maximum atomic E-state index is 14.3. The third-order valence-electron chi connectivity index (χ3n) is 6.74. The summed E-state index contributed by atoms with van der Waals surface area (Å²) in [6.45, 7) is -1.97. The highest BCUT2D eigenvalue weighted by Crippen LogP contribution is 2.39. The Labute approximate surface area is 227 Å². The summed E-state index contributed by atoms with van der Waals surface area (Å²) in [5, 5.41) is 12.9. The molecular formula is C26H21F7N4O4. The first-order valence-electron chi connectivity index (χ1n) is 12.2. The maximum Gasteiger partial charge on any atom is 0.433 e. The molecule has 2 heterocycles. The number of benzene rings is 1. The van der Waals surface area contributed by atoms with E-state index in [-0.39, 0.29) is 31.2 Å². The molecule has 0 spiro atoms. The minimum absolute atomic E-state index is 0.0285. The van der Waals surface area contributed by atoms with Gasteiger partial charge in [-0.1, -0.05) is 0 Å². The maximum absolute atomic E-state index is 14.3. The molecule has 1 saturated carbocycles. The van der Waals surface area contributed by atoms with E-state index in [2.05, 4.69) is 10.1 Å². The van der Waals surface area contributed by atoms with E-state index in [0.717, 1.165) is 12.1 Å². The van der Waals surface area contributed by atoms with Gasteiger partial charge in [0.15, 0.2) is 23.1 Å². The minimum atomic E-state index is -5.14. The van der Waals surface area contributed by atoms with E-state index in [4.69, 9.17) is 0 Å². The van der Waals surface area contributed by atoms with Crippen LogP contribution in [0.5, 0.6) is 0 Å². The molecule has 3 aromatic rings. The number of alkyl halides is 3. The van der Waals surface area contributed by atoms with Crippen LogP contribution in [-0.2, 0) is 17.5 Å². The fourth-order valence-corrected chi connectivity index (χ4v) is 4.87. The Balaban J connectivity index is 1.73. The molecule has 0 saturated heterocycles. The Morgan fingerprint density at radius 3 is 2.05 bits per heavy atom. The van der Waals surface area contributed by atoms with Crippen molar-refractivity contribution in [2.45, 2.75) is 44.4 Å². The van der Waals surface area contributed by atoms with Gasteiger partial charge in [-0.3, -0.25) is 24.0 Å². The van der Waals surface area contributed by atoms with Crippen LogP contribution in [0.3, 0.4) is 0 Å². The molecule has 1 aliphatic carbocycles. The molecule has 41 heavy (non-hydrogen) atoms. The molecule has 1 N–H and O–H groups in total. The average Bonchev–Trinajstić information content (AvgIpc) is 3.33. The monoisotopic (exact) mass is 586 g/mol. The Bertz CT molecular complexity index is 1440. The van der Waals surface area contributed by atoms with Crippen molar-refractivity contribution in [1.29, 1.82) is 0 Å². The number of carboxylic acid groups (broad SMARTS) is 1. The summed E-state index contributed by atoms with van der Waals surface area (Å²) in [4.78, 5) is 41.3. The first-order valence-corrected chi connectivity index (χ1v) is 12.2. The summed E-state index contributed by atoms with van der Waals surface area (Å²) in [6, 6.07) is 1.16. The zero-order valence-corrected chi connectivity index (χ0v) is 21.0. The van der Waals surface area contributed by atoms with Crippen molar-refractivity contribution in [2.75, 3.05) is 6.54 Å². The number of ketones is 1. The number of aromatic nitrogens is 3. The number of Topliss-reactive ketones (excluding diaryl/α,β-unsaturated/α-hetero) is 1. The number of amides is 1. The van der Waals surface area contributed by atoms with Gasteiger partial charge in [0.1, 0.15) is 11.6 Å². The molecule has 1 fully saturated rings. The standard InChI is InChI=1S/C26H21F7N4O4/c27-15-5-13(6-16(28)7-15)11-36(12-21(38)22-19(29)9-34-10-20(22)30)24(39)18-8-35-37(23(18)26(31,32)33)17-3-1-14(2-4-17)25(40)41/h5-10,14,17H,1-4,11-12H2,(H,40,41)/t14-,17-. The Kier molecular flexibility index (Phi) is 8.44. The Hall–Kier alpha value is -4.30. The summed E-state index contributed by atoms with van der Waals surface area (Å²) < 4.78 is 99.5. The molecule has 8 nitrogen and oxygen atoms in total. The van der Waals surface area contributed by atoms with Gasteiger partial charge in [-0.05, 0) is 43.4 Å². The normalized spacial score (nSPS) is 17.3. The fourth-order valence-electron chi connectivity index (χ4n) is 4.87. The van der Waals surface area contributed by atoms with Gasteiger partial charge in [-0.25, -0.2) is 17.6 Å². The van der Waals surface area contributed by atoms with Crippen LogP contribution >= 0.6 is 0 Å². The lowest BCUT2D eigenvalue weighted by molar-refractivity contribution is -0.147. The number of carbonyl (C=O) groups excluding carboxylic acids is 2. The lowest BCUT2D eigenvalue weighted by Gasteiger charge is -2.28. The SMILES string of the molecule is O=C(CN(Cc1cc(F)cc(F)c1)C(=O)c1cnn([C@H]2CC[C@H](C(=O)O)CC2)c1C(F)(F)F)c1c(F)cncc1F. The van der Waals surface area contributed by atoms with E-state index in [1.54, 1.807) is 0 Å². The van der Waals surface area contributed by atoms with Crippen molar-refractivity contribution in [3.63, 3.8) is 0 Å². The Morgan fingerprint density at radius 1 is 0.927 bits per heavy atom. The number of nitrogens with zero attached hydrogens (tertiary/aromatic N) is 4. The largest absolute Gasteiger partial charge is 0.481 e. The number of pyridine rings is 1. The van der Waals surface area contributed by atoms with E-state index in [0.29, 0.717) is 34.2 Å². The first kappa shape index (κ1) is 29.7. The van der Waals surface area contributed by atoms with E-state index < -0.39 is 89.0 Å². The van der Waals surface area contributed by atoms with Crippen molar-refractivity contribution in [3.8, 4) is 0 Å². The van der Waals surface area contributed by atoms with E-state index in [1.165, 1.54) is 0 Å². The van der Waals surface area contributed by atoms with Crippen LogP contribution in [-0.4, -0.2) is 49.0 Å². The molecule has 0 bridgehead atoms. The summed E-state index contributed by atoms with van der Waals surface area (Å²) in [5.74, 6) is -9.54. The topological polar surface area (TPSA) is 105 Å². The second kappa shape index (κ2) is 11.7. The number of hydrogen-bond acceptors (Lipinski definition) is 5. The smallest absolute Gasteiger partial charge is 0.433 e. The number of carbonyl (C=O) groups is 3. The molecule has 1 amide bonds. The van der Waals surface area contributed by atoms with Gasteiger partial charge in [0.2, 0.25) is 0 Å². The highest BCUT2D eigenvalue weighted by molar-refractivity contribution is 6.02. The molecule has 4 rings (SSSR count). The number of aliphatic carboxylic acids is 1. The summed E-state index contributed by atoms with van der Waals surface area (Å²) in [7, 11) is 0. The number of halogens is 7. The zero-order chi connectivity index (χ0) is 30.1. The van der Waals surface area contributed by atoms with Gasteiger partial charge in [-0.15, -0.1) is 0 Å². The van der Waals surface area contributed by atoms with Crippen LogP contribution < -0.4 is 0 Å². The van der Waals surface area contributed by atoms with Crippen molar-refractivity contribution in [3.05, 3.63) is 82.4 Å². The lowest BCUT2D eigenvalue weighted by Crippen LogP contribution is -2.37. The van der Waals surface area contributed by atoms with Gasteiger partial charge in [0, 0.05) is 12.6 Å². The molecule has 0 atom stereocenters. The van der Waals surface area contributed by atoms with Crippen LogP contribution in [0.15, 0.2) is 36.8 Å². The molecule has 2 aromatic heterocycles. The van der Waals surface area contributed by atoms with Crippen molar-refractivity contribution >= 4 is 17.7 Å². The van der Waals surface area contributed by atoms with Gasteiger partial charge in [-0.2, -0.15) is 18.3 Å². The number of hydrogen-bond donors (Lipinski definition) is 1. The van der Waals surface area contributed by atoms with E-state index >= 15 is 0 Å². The van der Waals surface area contributed by atoms with Crippen LogP contribution in [0.2, 0.25) is 0 Å². The van der Waals surface area contributed by atoms with Crippen LogP contribution in [0.25, 0.3) is 0 Å². The molecule has 1 aromatic carbocycles. The molecule has 0 radical (unpaired) electrons. The van der Waals surface area contributed by atoms with Crippen LogP contribution in [0.4, 0.5) is 30.7 Å². The second-order valence-electron chi connectivity index (χ2n) is 9.53. The van der Waals surface area contributed by atoms with Gasteiger partial charge in [0.25, 0.3) is 5.91 Å². The highest BCUT2D eigenvalue weighted by atomic mass is 19.4. The highest BCUT2D eigenvalue weighted by Gasteiger charge is 2.43. The van der Waals surface area contributed by atoms with Gasteiger partial charge < -0.3 is 10.0 Å². The first-order chi connectivity index (χ1) is 19.3. The van der Waals surface area contributed by atoms with Crippen LogP contribution in [0, 0.1) is 29.2 Å². The van der Waals surface area contributed by atoms with Crippen molar-refractivity contribution in [2.24, 2.45) is 5.92 Å². The van der Waals surface area contributed by atoms with E-state index in [9.17, 15) is 50.2 Å². The summed E-state index contributed by atoms with van der Waals surface area (Å²) in [6.07, 6.45) is -3.27. The molecule has 0 unspecified atom stereocenters. The molecular weight excluding hydrogens is 565 g/mol.